The lowest BCUT2D eigenvalue weighted by Crippen LogP contribution is -2.11. The highest BCUT2D eigenvalue weighted by atomic mass is 35.5. The van der Waals surface area contributed by atoms with E-state index in [9.17, 15) is 0 Å². The van der Waals surface area contributed by atoms with E-state index in [1.807, 2.05) is 22.7 Å². The van der Waals surface area contributed by atoms with Gasteiger partial charge in [-0.15, -0.1) is 0 Å². The highest BCUT2D eigenvalue weighted by molar-refractivity contribution is 6.32. The van der Waals surface area contributed by atoms with Crippen LogP contribution in [-0.2, 0) is 6.42 Å². The molecular weight excluding hydrogens is 222 g/mol. The van der Waals surface area contributed by atoms with Gasteiger partial charge in [-0.05, 0) is 17.5 Å². The number of rotatable bonds is 1. The van der Waals surface area contributed by atoms with Gasteiger partial charge < -0.3 is 10.1 Å². The van der Waals surface area contributed by atoms with Crippen LogP contribution in [0.2, 0.25) is 5.15 Å². The van der Waals surface area contributed by atoms with Gasteiger partial charge in [-0.2, -0.15) is 0 Å². The van der Waals surface area contributed by atoms with E-state index in [2.05, 4.69) is 25.8 Å². The quantitative estimate of drug-likeness (QED) is 0.828. The molecule has 0 aliphatic heterocycles. The van der Waals surface area contributed by atoms with Crippen molar-refractivity contribution in [2.24, 2.45) is 5.41 Å². The van der Waals surface area contributed by atoms with Gasteiger partial charge in [0.1, 0.15) is 5.82 Å². The summed E-state index contributed by atoms with van der Waals surface area (Å²) < 4.78 is 2.00. The zero-order valence-corrected chi connectivity index (χ0v) is 10.5. The number of anilines is 1. The van der Waals surface area contributed by atoms with Crippen molar-refractivity contribution in [2.75, 3.05) is 5.73 Å². The number of nitrogens with two attached hydrogens (primary N) is 1. The molecule has 0 saturated carbocycles. The fourth-order valence-corrected chi connectivity index (χ4v) is 1.97. The highest BCUT2D eigenvalue weighted by Crippen LogP contribution is 2.25. The number of halogens is 1. The van der Waals surface area contributed by atoms with Crippen LogP contribution in [0.5, 0.6) is 0 Å². The summed E-state index contributed by atoms with van der Waals surface area (Å²) >= 11 is 6.09. The van der Waals surface area contributed by atoms with Gasteiger partial charge in [0.2, 0.25) is 0 Å². The van der Waals surface area contributed by atoms with Crippen LogP contribution in [0.25, 0.3) is 5.52 Å². The van der Waals surface area contributed by atoms with Crippen LogP contribution in [0.3, 0.4) is 0 Å². The molecule has 16 heavy (non-hydrogen) atoms. The van der Waals surface area contributed by atoms with Crippen LogP contribution in [0, 0.1) is 5.41 Å². The van der Waals surface area contributed by atoms with Crippen molar-refractivity contribution >= 4 is 22.8 Å². The van der Waals surface area contributed by atoms with Crippen LogP contribution in [0.1, 0.15) is 26.6 Å². The summed E-state index contributed by atoms with van der Waals surface area (Å²) in [6, 6.07) is 3.71. The molecule has 0 bridgehead atoms. The van der Waals surface area contributed by atoms with E-state index in [-0.39, 0.29) is 5.41 Å². The van der Waals surface area contributed by atoms with Gasteiger partial charge in [0.25, 0.3) is 0 Å². The van der Waals surface area contributed by atoms with Gasteiger partial charge in [0, 0.05) is 18.3 Å². The van der Waals surface area contributed by atoms with Crippen molar-refractivity contribution in [1.82, 2.24) is 9.38 Å². The number of pyridine rings is 1. The Morgan fingerprint density at radius 2 is 2.12 bits per heavy atom. The summed E-state index contributed by atoms with van der Waals surface area (Å²) in [6.45, 7) is 6.54. The summed E-state index contributed by atoms with van der Waals surface area (Å²) in [5.41, 5.74) is 7.50. The van der Waals surface area contributed by atoms with Crippen molar-refractivity contribution in [3.63, 3.8) is 0 Å². The molecule has 0 amide bonds. The number of nitrogen functional groups attached to an aromatic ring is 1. The Morgan fingerprint density at radius 3 is 2.75 bits per heavy atom. The molecule has 0 aliphatic carbocycles. The smallest absolute Gasteiger partial charge is 0.155 e. The zero-order valence-electron chi connectivity index (χ0n) is 9.79. The van der Waals surface area contributed by atoms with Crippen molar-refractivity contribution in [3.8, 4) is 0 Å². The lowest BCUT2D eigenvalue weighted by molar-refractivity contribution is 0.400. The van der Waals surface area contributed by atoms with Gasteiger partial charge in [-0.25, -0.2) is 4.98 Å². The van der Waals surface area contributed by atoms with Crippen LogP contribution < -0.4 is 5.73 Å². The number of fused-ring (bicyclic) bond motifs is 1. The molecule has 86 valence electrons. The molecule has 0 unspecified atom stereocenters. The van der Waals surface area contributed by atoms with Crippen LogP contribution in [-0.4, -0.2) is 9.38 Å². The second-order valence-corrected chi connectivity index (χ2v) is 5.63. The zero-order chi connectivity index (χ0) is 11.9. The third-order valence-electron chi connectivity index (χ3n) is 2.38. The standard InChI is InChI=1S/C12H16ClN3/c1-12(2,3)7-10-15-11(13)9-6-8(14)4-5-16(9)10/h4-6H,7,14H2,1-3H3. The Bertz CT molecular complexity index is 523. The monoisotopic (exact) mass is 237 g/mol. The molecule has 4 heteroatoms. The summed E-state index contributed by atoms with van der Waals surface area (Å²) in [5, 5.41) is 0.520. The van der Waals surface area contributed by atoms with Gasteiger partial charge in [0.05, 0.1) is 5.52 Å². The molecule has 2 aromatic heterocycles. The number of nitrogens with zero attached hydrogens (tertiary/aromatic N) is 2. The molecule has 3 nitrogen and oxygen atoms in total. The van der Waals surface area contributed by atoms with Gasteiger partial charge >= 0.3 is 0 Å². The van der Waals surface area contributed by atoms with Crippen molar-refractivity contribution in [3.05, 3.63) is 29.3 Å². The SMILES string of the molecule is CC(C)(C)Cc1nc(Cl)c2cc(N)ccn12. The van der Waals surface area contributed by atoms with E-state index in [4.69, 9.17) is 17.3 Å². The van der Waals surface area contributed by atoms with E-state index >= 15 is 0 Å². The van der Waals surface area contributed by atoms with E-state index in [0.29, 0.717) is 10.8 Å². The fraction of sp³-hybridized carbons (Fsp3) is 0.417. The predicted molar refractivity (Wildman–Crippen MR) is 67.8 cm³/mol. The molecule has 2 N–H and O–H groups in total. The lowest BCUT2D eigenvalue weighted by atomic mass is 9.92. The maximum Gasteiger partial charge on any atom is 0.155 e. The maximum absolute atomic E-state index is 6.09. The van der Waals surface area contributed by atoms with Crippen LogP contribution in [0.15, 0.2) is 18.3 Å². The Kier molecular flexibility index (Phi) is 2.58. The summed E-state index contributed by atoms with van der Waals surface area (Å²) in [7, 11) is 0. The maximum atomic E-state index is 6.09. The molecule has 0 aromatic carbocycles. The highest BCUT2D eigenvalue weighted by Gasteiger charge is 2.17. The second kappa shape index (κ2) is 3.67. The first-order valence-corrected chi connectivity index (χ1v) is 5.66. The van der Waals surface area contributed by atoms with Crippen LogP contribution in [0.4, 0.5) is 5.69 Å². The van der Waals surface area contributed by atoms with Crippen molar-refractivity contribution < 1.29 is 0 Å². The summed E-state index contributed by atoms with van der Waals surface area (Å²) in [5.74, 6) is 0.979. The number of aromatic nitrogens is 2. The van der Waals surface area contributed by atoms with Crippen molar-refractivity contribution in [1.29, 1.82) is 0 Å². The Morgan fingerprint density at radius 1 is 1.44 bits per heavy atom. The lowest BCUT2D eigenvalue weighted by Gasteiger charge is -2.16. The van der Waals surface area contributed by atoms with Crippen molar-refractivity contribution in [2.45, 2.75) is 27.2 Å². The van der Waals surface area contributed by atoms with E-state index in [1.165, 1.54) is 0 Å². The molecule has 2 heterocycles. The molecule has 2 rings (SSSR count). The fourth-order valence-electron chi connectivity index (χ4n) is 1.72. The first-order chi connectivity index (χ1) is 7.37. The number of hydrogen-bond donors (Lipinski definition) is 1. The summed E-state index contributed by atoms with van der Waals surface area (Å²) in [4.78, 5) is 4.39. The summed E-state index contributed by atoms with van der Waals surface area (Å²) in [6.07, 6.45) is 2.80. The third-order valence-corrected chi connectivity index (χ3v) is 2.66. The Balaban J connectivity index is 2.55. The minimum atomic E-state index is 0.187. The third kappa shape index (κ3) is 2.14. The number of imidazole rings is 1. The van der Waals surface area contributed by atoms with Gasteiger partial charge in [0.15, 0.2) is 5.15 Å². The largest absolute Gasteiger partial charge is 0.399 e. The topological polar surface area (TPSA) is 43.3 Å². The predicted octanol–water partition coefficient (Wildman–Crippen LogP) is 3.16. The average Bonchev–Trinajstić information content (AvgIpc) is 2.40. The molecule has 0 spiro atoms. The second-order valence-electron chi connectivity index (χ2n) is 5.27. The minimum absolute atomic E-state index is 0.187. The van der Waals surface area contributed by atoms with E-state index in [1.54, 1.807) is 0 Å². The normalized spacial score (nSPS) is 12.2. The molecule has 2 aromatic rings. The number of hydrogen-bond acceptors (Lipinski definition) is 2. The first kappa shape index (κ1) is 11.3. The van der Waals surface area contributed by atoms with Crippen LogP contribution >= 0.6 is 11.6 Å². The van der Waals surface area contributed by atoms with Gasteiger partial charge in [-0.1, -0.05) is 32.4 Å². The van der Waals surface area contributed by atoms with E-state index in [0.717, 1.165) is 17.8 Å². The molecule has 0 saturated heterocycles. The molecular formula is C12H16ClN3. The van der Waals surface area contributed by atoms with E-state index < -0.39 is 0 Å². The first-order valence-electron chi connectivity index (χ1n) is 5.29. The Labute approximate surface area is 100 Å². The van der Waals surface area contributed by atoms with Gasteiger partial charge in [-0.3, -0.25) is 0 Å². The molecule has 0 fully saturated rings. The Hall–Kier alpha value is -1.22. The molecule has 0 aliphatic rings. The molecule has 0 radical (unpaired) electrons. The molecule has 0 atom stereocenters. The average molecular weight is 238 g/mol. The minimum Gasteiger partial charge on any atom is -0.399 e.